The highest BCUT2D eigenvalue weighted by atomic mass is 35.5. The lowest BCUT2D eigenvalue weighted by molar-refractivity contribution is -0.385. The number of halogens is 1. The standard InChI is InChI=1S/C17H15ClN2O5/c1-11(17(22)19-14-8-6-13(18)7-9-14)25-16(21)10-12-4-2-3-5-15(12)20(23)24/h2-9,11H,10H2,1H3,(H,19,22)/t11-/m0/s1. The fourth-order valence-electron chi connectivity index (χ4n) is 2.06. The van der Waals surface area contributed by atoms with Gasteiger partial charge in [-0.15, -0.1) is 0 Å². The van der Waals surface area contributed by atoms with Crippen LogP contribution in [0.3, 0.4) is 0 Å². The summed E-state index contributed by atoms with van der Waals surface area (Å²) < 4.78 is 5.05. The molecule has 0 heterocycles. The van der Waals surface area contributed by atoms with Gasteiger partial charge in [-0.2, -0.15) is 0 Å². The molecule has 2 rings (SSSR count). The van der Waals surface area contributed by atoms with Crippen molar-refractivity contribution in [2.45, 2.75) is 19.4 Å². The molecule has 0 fully saturated rings. The van der Waals surface area contributed by atoms with Crippen molar-refractivity contribution in [2.75, 3.05) is 5.32 Å². The van der Waals surface area contributed by atoms with Crippen LogP contribution in [0.15, 0.2) is 48.5 Å². The van der Waals surface area contributed by atoms with E-state index in [1.54, 1.807) is 30.3 Å². The lowest BCUT2D eigenvalue weighted by Crippen LogP contribution is -2.30. The third-order valence-electron chi connectivity index (χ3n) is 3.31. The molecule has 1 N–H and O–H groups in total. The van der Waals surface area contributed by atoms with Crippen molar-refractivity contribution in [3.05, 3.63) is 69.2 Å². The van der Waals surface area contributed by atoms with Crippen LogP contribution in [0.1, 0.15) is 12.5 Å². The molecule has 2 aromatic carbocycles. The number of benzene rings is 2. The van der Waals surface area contributed by atoms with Crippen LogP contribution in [0.4, 0.5) is 11.4 Å². The SMILES string of the molecule is C[C@H](OC(=O)Cc1ccccc1[N+](=O)[O-])C(=O)Nc1ccc(Cl)cc1. The Labute approximate surface area is 148 Å². The number of hydrogen-bond acceptors (Lipinski definition) is 5. The zero-order valence-electron chi connectivity index (χ0n) is 13.3. The second-order valence-electron chi connectivity index (χ2n) is 5.19. The topological polar surface area (TPSA) is 98.5 Å². The number of amides is 1. The minimum absolute atomic E-state index is 0.169. The lowest BCUT2D eigenvalue weighted by Gasteiger charge is -2.13. The largest absolute Gasteiger partial charge is 0.452 e. The number of para-hydroxylation sites is 1. The summed E-state index contributed by atoms with van der Waals surface area (Å²) in [5.41, 5.74) is 0.566. The number of nitrogens with one attached hydrogen (secondary N) is 1. The third kappa shape index (κ3) is 5.29. The molecule has 0 saturated heterocycles. The van der Waals surface area contributed by atoms with E-state index in [0.717, 1.165) is 0 Å². The van der Waals surface area contributed by atoms with Crippen LogP contribution in [-0.2, 0) is 20.7 Å². The van der Waals surface area contributed by atoms with E-state index in [0.29, 0.717) is 10.7 Å². The van der Waals surface area contributed by atoms with E-state index < -0.39 is 22.9 Å². The maximum absolute atomic E-state index is 12.0. The van der Waals surface area contributed by atoms with Gasteiger partial charge >= 0.3 is 5.97 Å². The summed E-state index contributed by atoms with van der Waals surface area (Å²) in [5, 5.41) is 14.1. The van der Waals surface area contributed by atoms with Crippen LogP contribution in [0.5, 0.6) is 0 Å². The maximum atomic E-state index is 12.0. The van der Waals surface area contributed by atoms with Crippen molar-refractivity contribution in [3.63, 3.8) is 0 Å². The Hall–Kier alpha value is -2.93. The van der Waals surface area contributed by atoms with Crippen molar-refractivity contribution >= 4 is 34.9 Å². The molecule has 25 heavy (non-hydrogen) atoms. The molecule has 0 saturated carbocycles. The Kier molecular flexibility index (Phi) is 6.08. The highest BCUT2D eigenvalue weighted by Gasteiger charge is 2.21. The minimum atomic E-state index is -1.05. The van der Waals surface area contributed by atoms with E-state index >= 15 is 0 Å². The van der Waals surface area contributed by atoms with Gasteiger partial charge in [0.05, 0.1) is 11.3 Å². The maximum Gasteiger partial charge on any atom is 0.311 e. The Morgan fingerprint density at radius 2 is 1.84 bits per heavy atom. The molecule has 0 aliphatic heterocycles. The van der Waals surface area contributed by atoms with Crippen molar-refractivity contribution in [3.8, 4) is 0 Å². The summed E-state index contributed by atoms with van der Waals surface area (Å²) in [6, 6.07) is 12.3. The molecule has 7 nitrogen and oxygen atoms in total. The van der Waals surface area contributed by atoms with Gasteiger partial charge in [0.1, 0.15) is 0 Å². The number of rotatable bonds is 6. The molecule has 0 radical (unpaired) electrons. The van der Waals surface area contributed by atoms with Gasteiger partial charge in [0.2, 0.25) is 0 Å². The number of esters is 1. The van der Waals surface area contributed by atoms with Crippen molar-refractivity contribution in [2.24, 2.45) is 0 Å². The number of anilines is 1. The molecule has 2 aromatic rings. The summed E-state index contributed by atoms with van der Waals surface area (Å²) >= 11 is 5.76. The monoisotopic (exact) mass is 362 g/mol. The summed E-state index contributed by atoms with van der Waals surface area (Å²) in [6.45, 7) is 1.42. The number of carbonyl (C=O) groups excluding carboxylic acids is 2. The predicted octanol–water partition coefficient (Wildman–Crippen LogP) is 3.36. The fraction of sp³-hybridized carbons (Fsp3) is 0.176. The lowest BCUT2D eigenvalue weighted by atomic mass is 10.1. The fourth-order valence-corrected chi connectivity index (χ4v) is 2.19. The first-order chi connectivity index (χ1) is 11.9. The average Bonchev–Trinajstić information content (AvgIpc) is 2.57. The zero-order chi connectivity index (χ0) is 18.4. The summed E-state index contributed by atoms with van der Waals surface area (Å²) in [4.78, 5) is 34.4. The van der Waals surface area contributed by atoms with Gasteiger partial charge in [-0.1, -0.05) is 29.8 Å². The molecule has 0 unspecified atom stereocenters. The second kappa shape index (κ2) is 8.25. The number of ether oxygens (including phenoxy) is 1. The molecule has 0 aliphatic carbocycles. The zero-order valence-corrected chi connectivity index (χ0v) is 14.0. The van der Waals surface area contributed by atoms with Gasteiger partial charge in [-0.3, -0.25) is 19.7 Å². The normalized spacial score (nSPS) is 11.4. The molecule has 130 valence electrons. The van der Waals surface area contributed by atoms with Gasteiger partial charge in [0.25, 0.3) is 11.6 Å². The molecule has 0 aromatic heterocycles. The van der Waals surface area contributed by atoms with Crippen LogP contribution in [-0.4, -0.2) is 22.9 Å². The molecule has 1 amide bonds. The Morgan fingerprint density at radius 1 is 1.20 bits per heavy atom. The number of nitro benzene ring substituents is 1. The number of nitro groups is 1. The molecular weight excluding hydrogens is 348 g/mol. The van der Waals surface area contributed by atoms with Crippen molar-refractivity contribution in [1.29, 1.82) is 0 Å². The molecule has 0 bridgehead atoms. The smallest absolute Gasteiger partial charge is 0.311 e. The van der Waals surface area contributed by atoms with E-state index in [-0.39, 0.29) is 17.7 Å². The van der Waals surface area contributed by atoms with Crippen LogP contribution in [0, 0.1) is 10.1 Å². The Morgan fingerprint density at radius 3 is 2.48 bits per heavy atom. The van der Waals surface area contributed by atoms with Gasteiger partial charge < -0.3 is 10.1 Å². The average molecular weight is 363 g/mol. The quantitative estimate of drug-likeness (QED) is 0.482. The first kappa shape index (κ1) is 18.4. The number of carbonyl (C=O) groups is 2. The predicted molar refractivity (Wildman–Crippen MR) is 92.4 cm³/mol. The Bertz CT molecular complexity index is 792. The van der Waals surface area contributed by atoms with Crippen LogP contribution in [0.25, 0.3) is 0 Å². The van der Waals surface area contributed by atoms with Crippen molar-refractivity contribution in [1.82, 2.24) is 0 Å². The van der Waals surface area contributed by atoms with Crippen LogP contribution >= 0.6 is 11.6 Å². The van der Waals surface area contributed by atoms with Gasteiger partial charge in [-0.05, 0) is 31.2 Å². The molecule has 0 aliphatic rings. The molecule has 1 atom stereocenters. The van der Waals surface area contributed by atoms with Gasteiger partial charge in [-0.25, -0.2) is 0 Å². The van der Waals surface area contributed by atoms with E-state index in [1.165, 1.54) is 25.1 Å². The molecule has 0 spiro atoms. The second-order valence-corrected chi connectivity index (χ2v) is 5.63. The van der Waals surface area contributed by atoms with Crippen LogP contribution < -0.4 is 5.32 Å². The Balaban J connectivity index is 1.94. The summed E-state index contributed by atoms with van der Waals surface area (Å²) in [6.07, 6.45) is -1.35. The minimum Gasteiger partial charge on any atom is -0.452 e. The summed E-state index contributed by atoms with van der Waals surface area (Å²) in [5.74, 6) is -1.24. The molecule has 8 heteroatoms. The van der Waals surface area contributed by atoms with Gasteiger partial charge in [0, 0.05) is 22.3 Å². The third-order valence-corrected chi connectivity index (χ3v) is 3.56. The summed E-state index contributed by atoms with van der Waals surface area (Å²) in [7, 11) is 0. The van der Waals surface area contributed by atoms with E-state index in [4.69, 9.17) is 16.3 Å². The highest BCUT2D eigenvalue weighted by Crippen LogP contribution is 2.19. The van der Waals surface area contributed by atoms with Gasteiger partial charge in [0.15, 0.2) is 6.10 Å². The van der Waals surface area contributed by atoms with Crippen LogP contribution in [0.2, 0.25) is 5.02 Å². The first-order valence-corrected chi connectivity index (χ1v) is 7.73. The van der Waals surface area contributed by atoms with E-state index in [9.17, 15) is 19.7 Å². The number of nitrogens with zero attached hydrogens (tertiary/aromatic N) is 1. The van der Waals surface area contributed by atoms with E-state index in [2.05, 4.69) is 5.32 Å². The highest BCUT2D eigenvalue weighted by molar-refractivity contribution is 6.30. The first-order valence-electron chi connectivity index (χ1n) is 7.35. The molecular formula is C17H15ClN2O5. The van der Waals surface area contributed by atoms with E-state index in [1.807, 2.05) is 0 Å². The number of hydrogen-bond donors (Lipinski definition) is 1. The van der Waals surface area contributed by atoms with Crippen molar-refractivity contribution < 1.29 is 19.2 Å².